The van der Waals surface area contributed by atoms with Crippen LogP contribution in [0.2, 0.25) is 5.02 Å². The number of methoxy groups -OCH3 is 1. The van der Waals surface area contributed by atoms with Crippen molar-refractivity contribution in [1.29, 1.82) is 0 Å². The minimum atomic E-state index is -0.977. The summed E-state index contributed by atoms with van der Waals surface area (Å²) < 4.78 is 11.1. The van der Waals surface area contributed by atoms with Crippen LogP contribution in [-0.4, -0.2) is 36.1 Å². The monoisotopic (exact) mass is 421 g/mol. The molecule has 148 valence electrons. The van der Waals surface area contributed by atoms with Gasteiger partial charge in [0.25, 0.3) is 0 Å². The van der Waals surface area contributed by atoms with Crippen molar-refractivity contribution in [2.75, 3.05) is 13.7 Å². The van der Waals surface area contributed by atoms with E-state index in [1.165, 1.54) is 19.2 Å². The number of benzene rings is 2. The number of aromatic carboxylic acids is 1. The summed E-state index contributed by atoms with van der Waals surface area (Å²) in [7, 11) is 1.51. The molecule has 0 heterocycles. The van der Waals surface area contributed by atoms with Gasteiger partial charge in [-0.05, 0) is 54.5 Å². The van der Waals surface area contributed by atoms with E-state index in [0.717, 1.165) is 5.56 Å². The minimum Gasteiger partial charge on any atom is -0.493 e. The maximum atomic E-state index is 10.9. The van der Waals surface area contributed by atoms with Crippen molar-refractivity contribution >= 4 is 41.1 Å². The van der Waals surface area contributed by atoms with Crippen LogP contribution in [0.3, 0.4) is 0 Å². The van der Waals surface area contributed by atoms with Gasteiger partial charge in [-0.25, -0.2) is 4.79 Å². The molecule has 9 heteroatoms. The lowest BCUT2D eigenvalue weighted by molar-refractivity contribution is 0.0697. The van der Waals surface area contributed by atoms with Gasteiger partial charge in [-0.2, -0.15) is 5.10 Å². The number of hydrazone groups is 1. The van der Waals surface area contributed by atoms with E-state index < -0.39 is 5.97 Å². The Balaban J connectivity index is 2.09. The summed E-state index contributed by atoms with van der Waals surface area (Å²) in [5, 5.41) is 16.7. The Morgan fingerprint density at radius 3 is 2.64 bits per heavy atom. The Bertz CT molecular complexity index is 872. The van der Waals surface area contributed by atoms with Crippen LogP contribution in [0, 0.1) is 0 Å². The van der Waals surface area contributed by atoms with Crippen LogP contribution < -0.4 is 20.2 Å². The molecule has 2 aromatic carbocycles. The first-order valence-corrected chi connectivity index (χ1v) is 9.12. The van der Waals surface area contributed by atoms with Crippen molar-refractivity contribution < 1.29 is 19.4 Å². The average Bonchev–Trinajstić information content (AvgIpc) is 2.67. The van der Waals surface area contributed by atoms with E-state index in [4.69, 9.17) is 38.4 Å². The van der Waals surface area contributed by atoms with Gasteiger partial charge in [0.05, 0.1) is 23.9 Å². The largest absolute Gasteiger partial charge is 0.493 e. The second kappa shape index (κ2) is 10.5. The second-order valence-electron chi connectivity index (χ2n) is 5.55. The Morgan fingerprint density at radius 2 is 2.04 bits per heavy atom. The third-order valence-electron chi connectivity index (χ3n) is 3.55. The first-order chi connectivity index (χ1) is 13.4. The lowest BCUT2D eigenvalue weighted by Crippen LogP contribution is -2.31. The molecule has 2 rings (SSSR count). The maximum absolute atomic E-state index is 10.9. The minimum absolute atomic E-state index is 0.210. The van der Waals surface area contributed by atoms with Crippen LogP contribution in [0.4, 0.5) is 0 Å². The molecule has 0 spiro atoms. The topological polar surface area (TPSA) is 92.2 Å². The Labute approximate surface area is 173 Å². The van der Waals surface area contributed by atoms with Gasteiger partial charge in [0.1, 0.15) is 6.61 Å². The lowest BCUT2D eigenvalue weighted by atomic mass is 10.1. The lowest BCUT2D eigenvalue weighted by Gasteiger charge is -2.13. The Morgan fingerprint density at radius 1 is 1.32 bits per heavy atom. The zero-order valence-corrected chi connectivity index (χ0v) is 16.9. The molecule has 0 amide bonds. The summed E-state index contributed by atoms with van der Waals surface area (Å²) in [6.07, 6.45) is 1.56. The summed E-state index contributed by atoms with van der Waals surface area (Å²) in [5.74, 6) is -0.139. The van der Waals surface area contributed by atoms with Crippen molar-refractivity contribution in [3.05, 3.63) is 58.1 Å². The van der Waals surface area contributed by atoms with Crippen LogP contribution in [0.25, 0.3) is 0 Å². The number of thiocarbonyl (C=S) groups is 1. The molecule has 28 heavy (non-hydrogen) atoms. The van der Waals surface area contributed by atoms with E-state index >= 15 is 0 Å². The number of carbonyl (C=O) groups is 1. The third kappa shape index (κ3) is 6.11. The number of ether oxygens (including phenoxy) is 2. The van der Waals surface area contributed by atoms with E-state index in [9.17, 15) is 4.79 Å². The van der Waals surface area contributed by atoms with Gasteiger partial charge in [-0.1, -0.05) is 23.7 Å². The number of nitrogens with zero attached hydrogens (tertiary/aromatic N) is 1. The molecule has 0 saturated heterocycles. The van der Waals surface area contributed by atoms with Gasteiger partial charge in [0, 0.05) is 6.54 Å². The van der Waals surface area contributed by atoms with Crippen LogP contribution in [-0.2, 0) is 6.61 Å². The summed E-state index contributed by atoms with van der Waals surface area (Å²) in [5.41, 5.74) is 4.41. The number of carboxylic acid groups (broad SMARTS) is 1. The average molecular weight is 422 g/mol. The van der Waals surface area contributed by atoms with Crippen molar-refractivity contribution in [3.8, 4) is 11.5 Å². The molecular formula is C19H20ClN3O4S. The first-order valence-electron chi connectivity index (χ1n) is 8.34. The molecule has 2 aromatic rings. The van der Waals surface area contributed by atoms with Crippen LogP contribution >= 0.6 is 23.8 Å². The van der Waals surface area contributed by atoms with Gasteiger partial charge >= 0.3 is 5.97 Å². The number of rotatable bonds is 8. The van der Waals surface area contributed by atoms with Gasteiger partial charge in [-0.15, -0.1) is 0 Å². The highest BCUT2D eigenvalue weighted by atomic mass is 35.5. The summed E-state index contributed by atoms with van der Waals surface area (Å²) in [6.45, 7) is 2.84. The van der Waals surface area contributed by atoms with E-state index in [1.807, 2.05) is 6.92 Å². The molecule has 0 aliphatic heterocycles. The Kier molecular flexibility index (Phi) is 8.03. The van der Waals surface area contributed by atoms with E-state index in [2.05, 4.69) is 15.8 Å². The smallest absolute Gasteiger partial charge is 0.335 e. The highest BCUT2D eigenvalue weighted by Crippen LogP contribution is 2.36. The first kappa shape index (κ1) is 21.5. The molecule has 0 bridgehead atoms. The fraction of sp³-hybridized carbons (Fsp3) is 0.211. The molecule has 0 fully saturated rings. The quantitative estimate of drug-likeness (QED) is 0.341. The van der Waals surface area contributed by atoms with Crippen molar-refractivity contribution in [2.24, 2.45) is 5.10 Å². The highest BCUT2D eigenvalue weighted by Gasteiger charge is 2.12. The van der Waals surface area contributed by atoms with E-state index in [0.29, 0.717) is 33.7 Å². The SMILES string of the molecule is CCNC(=S)NN=Cc1cc(Cl)c(OCc2ccc(C(=O)O)cc2)c(OC)c1. The maximum Gasteiger partial charge on any atom is 0.335 e. The normalized spacial score (nSPS) is 10.5. The molecule has 0 atom stereocenters. The van der Waals surface area contributed by atoms with E-state index in [1.54, 1.807) is 30.5 Å². The summed E-state index contributed by atoms with van der Waals surface area (Å²) in [4.78, 5) is 10.9. The number of hydrogen-bond donors (Lipinski definition) is 3. The molecule has 3 N–H and O–H groups in total. The van der Waals surface area contributed by atoms with Crippen LogP contribution in [0.5, 0.6) is 11.5 Å². The van der Waals surface area contributed by atoms with Gasteiger partial charge < -0.3 is 19.9 Å². The molecule has 0 radical (unpaired) electrons. The third-order valence-corrected chi connectivity index (χ3v) is 4.07. The fourth-order valence-corrected chi connectivity index (χ4v) is 2.69. The highest BCUT2D eigenvalue weighted by molar-refractivity contribution is 7.80. The second-order valence-corrected chi connectivity index (χ2v) is 6.37. The van der Waals surface area contributed by atoms with Gasteiger partial charge in [-0.3, -0.25) is 5.43 Å². The standard InChI is InChI=1S/C19H20ClN3O4S/c1-3-21-19(28)23-22-10-13-8-15(20)17(16(9-13)26-2)27-11-12-4-6-14(7-5-12)18(24)25/h4-10H,3,11H2,1-2H3,(H,24,25)(H2,21,23,28). The molecule has 0 aliphatic carbocycles. The Hall–Kier alpha value is -2.84. The van der Waals surface area contributed by atoms with E-state index in [-0.39, 0.29) is 12.2 Å². The number of carboxylic acids is 1. The van der Waals surface area contributed by atoms with Crippen LogP contribution in [0.15, 0.2) is 41.5 Å². The number of hydrogen-bond acceptors (Lipinski definition) is 5. The summed E-state index contributed by atoms with van der Waals surface area (Å²) >= 11 is 11.4. The molecule has 7 nitrogen and oxygen atoms in total. The number of nitrogens with one attached hydrogen (secondary N) is 2. The van der Waals surface area contributed by atoms with Crippen molar-refractivity contribution in [3.63, 3.8) is 0 Å². The van der Waals surface area contributed by atoms with Crippen molar-refractivity contribution in [1.82, 2.24) is 10.7 Å². The predicted molar refractivity (Wildman–Crippen MR) is 113 cm³/mol. The summed E-state index contributed by atoms with van der Waals surface area (Å²) in [6, 6.07) is 9.83. The van der Waals surface area contributed by atoms with Gasteiger partial charge in [0.2, 0.25) is 0 Å². The van der Waals surface area contributed by atoms with Crippen LogP contribution in [0.1, 0.15) is 28.4 Å². The molecule has 0 unspecified atom stereocenters. The zero-order valence-electron chi connectivity index (χ0n) is 15.4. The zero-order chi connectivity index (χ0) is 20.5. The molecule has 0 saturated carbocycles. The molecular weight excluding hydrogens is 402 g/mol. The number of halogens is 1. The predicted octanol–water partition coefficient (Wildman–Crippen LogP) is 3.44. The molecule has 0 aliphatic rings. The van der Waals surface area contributed by atoms with Gasteiger partial charge in [0.15, 0.2) is 16.6 Å². The fourth-order valence-electron chi connectivity index (χ4n) is 2.22. The molecule has 0 aromatic heterocycles. The van der Waals surface area contributed by atoms with Crippen molar-refractivity contribution in [2.45, 2.75) is 13.5 Å².